The SMILES string of the molecule is CC.CC.CC.Cn1c2[c-]c(-c3cccc4ccc[c-]c34)ccc2c2ccccc21.[CH3-].[CH3-].[Pt+4].[Y].[Y].[Y].[Y].[Y].[Y].[Y].[Y].[Y].[Y].[Y].[Y].[Y].[Y].[Y].[Y].[Y].[Y].[Y].[Y].[Y].[Y].[Y]. The Bertz CT molecular complexity index is 1270. The number of nitrogens with zero attached hydrogens (tertiary/aromatic N) is 1. The fourth-order valence-corrected chi connectivity index (χ4v) is 3.61. The molecule has 0 amide bonds. The number of aromatic nitrogens is 1. The van der Waals surface area contributed by atoms with Crippen LogP contribution in [-0.4, -0.2) is 4.57 Å². The summed E-state index contributed by atoms with van der Waals surface area (Å²) in [7, 11) is 2.11. The van der Waals surface area contributed by atoms with Crippen LogP contribution in [-0.2, 0) is 780 Å². The van der Waals surface area contributed by atoms with Gasteiger partial charge in [-0.25, -0.2) is 0 Å². The smallest absolute Gasteiger partial charge is 0.362 e. The molecule has 0 aliphatic carbocycles. The van der Waals surface area contributed by atoms with E-state index in [9.17, 15) is 0 Å². The van der Waals surface area contributed by atoms with Crippen molar-refractivity contribution in [1.29, 1.82) is 0 Å². The van der Waals surface area contributed by atoms with E-state index in [1.54, 1.807) is 0 Å². The maximum absolute atomic E-state index is 3.64. The van der Waals surface area contributed by atoms with Crippen LogP contribution in [0.1, 0.15) is 41.5 Å². The van der Waals surface area contributed by atoms with E-state index in [1.165, 1.54) is 27.2 Å². The van der Waals surface area contributed by atoms with Crippen LogP contribution < -0.4 is 0 Å². The van der Waals surface area contributed by atoms with Crippen LogP contribution in [0, 0.1) is 27.0 Å². The Kier molecular flexibility index (Phi) is 332. The number of para-hydroxylation sites is 1. The van der Waals surface area contributed by atoms with Crippen molar-refractivity contribution in [3.63, 3.8) is 0 Å². The Morgan fingerprint density at radius 3 is 1.20 bits per heavy atom. The molecule has 0 bridgehead atoms. The average Bonchev–Trinajstić information content (AvgIpc) is 3.14. The maximum Gasteiger partial charge on any atom is 4.00 e. The molecule has 25 heteroatoms. The van der Waals surface area contributed by atoms with Crippen molar-refractivity contribution >= 4 is 32.6 Å². The van der Waals surface area contributed by atoms with Crippen LogP contribution >= 0.6 is 0 Å². The molecule has 0 aliphatic rings. The van der Waals surface area contributed by atoms with Crippen molar-refractivity contribution in [2.75, 3.05) is 0 Å². The first kappa shape index (κ1) is 165. The molecule has 0 aliphatic heterocycles. The van der Waals surface area contributed by atoms with Gasteiger partial charge < -0.3 is 19.4 Å². The number of hydrogen-bond donors (Lipinski definition) is 0. The molecule has 1 heterocycles. The predicted molar refractivity (Wildman–Crippen MR) is 148 cm³/mol. The van der Waals surface area contributed by atoms with Gasteiger partial charge in [0.05, 0.1) is 0 Å². The van der Waals surface area contributed by atoms with Gasteiger partial charge >= 0.3 is 21.1 Å². The van der Waals surface area contributed by atoms with Gasteiger partial charge in [0.2, 0.25) is 0 Å². The van der Waals surface area contributed by atoms with E-state index < -0.39 is 0 Å². The summed E-state index contributed by atoms with van der Waals surface area (Å²) in [5, 5.41) is 4.89. The van der Waals surface area contributed by atoms with Gasteiger partial charge in [0, 0.05) is 765 Å². The topological polar surface area (TPSA) is 4.93 Å². The quantitative estimate of drug-likeness (QED) is 0.148. The minimum Gasteiger partial charge on any atom is -0.362 e. The number of rotatable bonds is 1. The molecule has 0 saturated heterocycles. The zero-order chi connectivity index (χ0) is 22.1. The Morgan fingerprint density at radius 1 is 0.411 bits per heavy atom. The third-order valence-electron chi connectivity index (χ3n) is 4.80. The van der Waals surface area contributed by atoms with E-state index in [1.807, 2.05) is 53.7 Å². The molecule has 1 aromatic heterocycles. The first-order chi connectivity index (χ1) is 14.8. The van der Waals surface area contributed by atoms with Gasteiger partial charge in [0.1, 0.15) is 0 Å². The Labute approximate surface area is 938 Å². The van der Waals surface area contributed by atoms with Gasteiger partial charge in [0.25, 0.3) is 0 Å². The second-order valence-electron chi connectivity index (χ2n) is 6.15. The van der Waals surface area contributed by atoms with Crippen LogP contribution in [0.5, 0.6) is 0 Å². The molecular weight excluding hydrogens is 2630 g/mol. The number of aryl methyl sites for hydroxylation is 1. The largest absolute Gasteiger partial charge is 4.00 e. The second-order valence-corrected chi connectivity index (χ2v) is 6.15. The zero-order valence-corrected chi connectivity index (χ0v) is 103. The van der Waals surface area contributed by atoms with Crippen molar-refractivity contribution in [2.45, 2.75) is 41.5 Å². The zero-order valence-electron chi connectivity index (χ0n) is 35.0. The van der Waals surface area contributed by atoms with E-state index in [2.05, 4.69) is 84.4 Å². The molecule has 5 rings (SSSR count). The van der Waals surface area contributed by atoms with Crippen LogP contribution in [0.4, 0.5) is 0 Å². The van der Waals surface area contributed by atoms with E-state index >= 15 is 0 Å². The van der Waals surface area contributed by atoms with Gasteiger partial charge in [-0.15, -0.1) is 64.4 Å². The molecule has 0 saturated carbocycles. The van der Waals surface area contributed by atoms with Crippen LogP contribution in [0.15, 0.2) is 72.8 Å². The molecule has 0 N–H and O–H groups in total. The molecular formula is C31H39NPtY23. The summed E-state index contributed by atoms with van der Waals surface area (Å²) in [6.45, 7) is 12.0. The fraction of sp³-hybridized carbons (Fsp3) is 0.226. The summed E-state index contributed by atoms with van der Waals surface area (Å²) in [4.78, 5) is 0. The summed E-state index contributed by atoms with van der Waals surface area (Å²) in [6.07, 6.45) is 0. The Balaban J connectivity index is -0.0000000125. The Morgan fingerprint density at radius 2 is 0.786 bits per heavy atom. The van der Waals surface area contributed by atoms with Crippen LogP contribution in [0.2, 0.25) is 0 Å². The third-order valence-corrected chi connectivity index (χ3v) is 4.80. The van der Waals surface area contributed by atoms with Crippen molar-refractivity contribution < 1.29 is 773 Å². The molecule has 0 spiro atoms. The molecule has 0 fully saturated rings. The van der Waals surface area contributed by atoms with Gasteiger partial charge in [0.15, 0.2) is 0 Å². The van der Waals surface area contributed by atoms with Crippen molar-refractivity contribution in [1.82, 2.24) is 4.57 Å². The fourth-order valence-electron chi connectivity index (χ4n) is 3.61. The summed E-state index contributed by atoms with van der Waals surface area (Å²) in [6, 6.07) is 32.4. The number of benzene rings is 4. The summed E-state index contributed by atoms with van der Waals surface area (Å²) in [5.41, 5.74) is 4.67. The number of hydrogen-bond acceptors (Lipinski definition) is 0. The first-order valence-corrected chi connectivity index (χ1v) is 11.1. The van der Waals surface area contributed by atoms with Crippen molar-refractivity contribution in [2.24, 2.45) is 7.05 Å². The molecule has 5 aromatic rings. The van der Waals surface area contributed by atoms with E-state index in [4.69, 9.17) is 0 Å². The monoisotopic (exact) mass is 2670 g/mol. The Hall–Kier alpha value is 23.0. The van der Waals surface area contributed by atoms with Crippen LogP contribution in [0.25, 0.3) is 43.7 Å². The summed E-state index contributed by atoms with van der Waals surface area (Å²) >= 11 is 0. The molecule has 247 valence electrons. The van der Waals surface area contributed by atoms with E-state index in [0.29, 0.717) is 0 Å². The van der Waals surface area contributed by atoms with E-state index in [-0.39, 0.29) is 788 Å². The second kappa shape index (κ2) is 113. The summed E-state index contributed by atoms with van der Waals surface area (Å²) in [5.74, 6) is 0. The van der Waals surface area contributed by atoms with Crippen LogP contribution in [0.3, 0.4) is 0 Å². The minimum atomic E-state index is 0. The maximum atomic E-state index is 3.64. The molecule has 56 heavy (non-hydrogen) atoms. The predicted octanol–water partition coefficient (Wildman–Crippen LogP) is 9.67. The van der Waals surface area contributed by atoms with E-state index in [0.717, 1.165) is 16.5 Å². The molecule has 1 nitrogen and oxygen atoms in total. The van der Waals surface area contributed by atoms with Gasteiger partial charge in [-0.3, -0.25) is 0 Å². The molecule has 0 unspecified atom stereocenters. The number of fused-ring (bicyclic) bond motifs is 4. The van der Waals surface area contributed by atoms with Gasteiger partial charge in [-0.2, -0.15) is 0 Å². The van der Waals surface area contributed by atoms with Crippen molar-refractivity contribution in [3.05, 3.63) is 99.8 Å². The molecule has 23 radical (unpaired) electrons. The average molecular weight is 2670 g/mol. The summed E-state index contributed by atoms with van der Waals surface area (Å²) < 4.78 is 2.23. The standard InChI is InChI=1S/C23H15N.3C2H6.2CH3.Pt.23Y/c1-24-22-12-5-4-10-20(22)21-14-13-17(15-23(21)24)19-11-6-8-16-7-2-3-9-18(16)19;3*1-2;;;;;;;;;;;;;;;;;;;;;;;;;;/h2-8,10-14H,1H3;3*1-2H3;2*1H3;;;;;;;;;;;;;;;;;;;;;;;;/q-2;;;;2*-1;+4;;;;;;;;;;;;;;;;;;;;;;;. The normalized spacial score (nSPS) is 5.27. The first-order valence-electron chi connectivity index (χ1n) is 11.1. The minimum absolute atomic E-state index is 0. The molecule has 0 atom stereocenters. The molecule has 4 aromatic carbocycles. The third kappa shape index (κ3) is 63.0. The van der Waals surface area contributed by atoms with Gasteiger partial charge in [-0.1, -0.05) is 83.3 Å². The van der Waals surface area contributed by atoms with Gasteiger partial charge in [-0.05, 0) is 17.0 Å². The van der Waals surface area contributed by atoms with Crippen molar-refractivity contribution in [3.8, 4) is 11.1 Å².